The lowest BCUT2D eigenvalue weighted by molar-refractivity contribution is -0.125. The highest BCUT2D eigenvalue weighted by Crippen LogP contribution is 2.48. The first-order chi connectivity index (χ1) is 14.2. The van der Waals surface area contributed by atoms with Gasteiger partial charge in [0.15, 0.2) is 0 Å². The minimum Gasteiger partial charge on any atom is -0.311 e. The van der Waals surface area contributed by atoms with Gasteiger partial charge in [-0.05, 0) is 61.3 Å². The zero-order chi connectivity index (χ0) is 21.5. The number of nitriles is 1. The SMILES string of the molecule is CC(C)(C)C(=O)N1CC2(CCN(Cc3ccccc3C#N)CC2)c2cc(F)ccc21. The Morgan fingerprint density at radius 3 is 2.53 bits per heavy atom. The summed E-state index contributed by atoms with van der Waals surface area (Å²) >= 11 is 0. The van der Waals surface area contributed by atoms with Gasteiger partial charge in [-0.2, -0.15) is 5.26 Å². The van der Waals surface area contributed by atoms with Crippen LogP contribution < -0.4 is 4.90 Å². The van der Waals surface area contributed by atoms with Crippen molar-refractivity contribution in [2.45, 2.75) is 45.6 Å². The monoisotopic (exact) mass is 405 g/mol. The normalized spacial score (nSPS) is 18.3. The summed E-state index contributed by atoms with van der Waals surface area (Å²) in [5.74, 6) is -0.166. The van der Waals surface area contributed by atoms with Gasteiger partial charge in [0.1, 0.15) is 5.82 Å². The molecule has 0 atom stereocenters. The van der Waals surface area contributed by atoms with E-state index in [4.69, 9.17) is 0 Å². The number of piperidine rings is 1. The number of likely N-dealkylation sites (tertiary alicyclic amines) is 1. The number of benzene rings is 2. The summed E-state index contributed by atoms with van der Waals surface area (Å²) in [6.45, 7) is 8.85. The van der Waals surface area contributed by atoms with Gasteiger partial charge in [0.25, 0.3) is 0 Å². The Morgan fingerprint density at radius 1 is 1.17 bits per heavy atom. The van der Waals surface area contributed by atoms with Crippen molar-refractivity contribution >= 4 is 11.6 Å². The van der Waals surface area contributed by atoms with Gasteiger partial charge in [0.2, 0.25) is 5.91 Å². The van der Waals surface area contributed by atoms with Crippen LogP contribution in [0.15, 0.2) is 42.5 Å². The second-order valence-electron chi connectivity index (χ2n) is 9.63. The molecule has 2 heterocycles. The Hall–Kier alpha value is -2.71. The molecule has 0 unspecified atom stereocenters. The molecule has 2 aromatic carbocycles. The highest BCUT2D eigenvalue weighted by Gasteiger charge is 2.47. The quantitative estimate of drug-likeness (QED) is 0.732. The number of fused-ring (bicyclic) bond motifs is 2. The summed E-state index contributed by atoms with van der Waals surface area (Å²) < 4.78 is 14.2. The molecule has 0 N–H and O–H groups in total. The third kappa shape index (κ3) is 3.61. The van der Waals surface area contributed by atoms with Crippen molar-refractivity contribution in [3.05, 3.63) is 65.0 Å². The Morgan fingerprint density at radius 2 is 1.87 bits per heavy atom. The van der Waals surface area contributed by atoms with Crippen LogP contribution in [0.25, 0.3) is 0 Å². The molecule has 5 heteroatoms. The number of hydrogen-bond donors (Lipinski definition) is 0. The van der Waals surface area contributed by atoms with Crippen molar-refractivity contribution in [3.8, 4) is 6.07 Å². The number of amides is 1. The molecule has 1 fully saturated rings. The largest absolute Gasteiger partial charge is 0.311 e. The number of rotatable bonds is 2. The number of carbonyl (C=O) groups is 1. The van der Waals surface area contributed by atoms with E-state index >= 15 is 0 Å². The molecular formula is C25H28FN3O. The molecule has 30 heavy (non-hydrogen) atoms. The number of hydrogen-bond acceptors (Lipinski definition) is 3. The van der Waals surface area contributed by atoms with Crippen LogP contribution in [0.5, 0.6) is 0 Å². The minimum absolute atomic E-state index is 0.0811. The predicted octanol–water partition coefficient (Wildman–Crippen LogP) is 4.62. The third-order valence-corrected chi connectivity index (χ3v) is 6.51. The van der Waals surface area contributed by atoms with Gasteiger partial charge < -0.3 is 4.90 Å². The summed E-state index contributed by atoms with van der Waals surface area (Å²) in [4.78, 5) is 17.3. The van der Waals surface area contributed by atoms with Crippen molar-refractivity contribution in [1.82, 2.24) is 4.90 Å². The van der Waals surface area contributed by atoms with Crippen molar-refractivity contribution < 1.29 is 9.18 Å². The lowest BCUT2D eigenvalue weighted by Gasteiger charge is -2.40. The van der Waals surface area contributed by atoms with Crippen molar-refractivity contribution in [3.63, 3.8) is 0 Å². The molecule has 1 amide bonds. The van der Waals surface area contributed by atoms with Gasteiger partial charge in [0, 0.05) is 29.6 Å². The average molecular weight is 406 g/mol. The van der Waals surface area contributed by atoms with E-state index in [2.05, 4.69) is 11.0 Å². The lowest BCUT2D eigenvalue weighted by atomic mass is 9.74. The maximum atomic E-state index is 14.2. The molecule has 0 bridgehead atoms. The summed E-state index contributed by atoms with van der Waals surface area (Å²) in [5, 5.41) is 9.36. The van der Waals surface area contributed by atoms with E-state index in [-0.39, 0.29) is 17.1 Å². The summed E-state index contributed by atoms with van der Waals surface area (Å²) in [6.07, 6.45) is 1.73. The molecule has 4 nitrogen and oxygen atoms in total. The van der Waals surface area contributed by atoms with Crippen LogP contribution in [0.1, 0.15) is 50.3 Å². The molecule has 2 aromatic rings. The summed E-state index contributed by atoms with van der Waals surface area (Å²) in [5.41, 5.74) is 2.89. The van der Waals surface area contributed by atoms with Crippen LogP contribution in [0.3, 0.4) is 0 Å². The van der Waals surface area contributed by atoms with E-state index in [1.54, 1.807) is 12.1 Å². The fourth-order valence-electron chi connectivity index (χ4n) is 4.80. The van der Waals surface area contributed by atoms with Crippen LogP contribution in [0.2, 0.25) is 0 Å². The highest BCUT2D eigenvalue weighted by atomic mass is 19.1. The number of carbonyl (C=O) groups excluding carboxylic acids is 1. The fraction of sp³-hybridized carbons (Fsp3) is 0.440. The Kier molecular flexibility index (Phi) is 5.15. The molecule has 156 valence electrons. The molecule has 1 spiro atoms. The molecule has 0 saturated carbocycles. The zero-order valence-electron chi connectivity index (χ0n) is 17.9. The lowest BCUT2D eigenvalue weighted by Crippen LogP contribution is -2.47. The molecular weight excluding hydrogens is 377 g/mol. The van der Waals surface area contributed by atoms with Gasteiger partial charge in [-0.15, -0.1) is 0 Å². The van der Waals surface area contributed by atoms with Crippen LogP contribution in [-0.4, -0.2) is 30.4 Å². The first kappa shape index (κ1) is 20.6. The number of halogens is 1. The minimum atomic E-state index is -0.487. The van der Waals surface area contributed by atoms with Gasteiger partial charge in [0.05, 0.1) is 11.6 Å². The standard InChI is InChI=1S/C25H28FN3O/c1-24(2,3)23(30)29-17-25(21-14-20(26)8-9-22(21)29)10-12-28(13-11-25)16-19-7-5-4-6-18(19)15-27/h4-9,14H,10-13,16-17H2,1-3H3. The third-order valence-electron chi connectivity index (χ3n) is 6.51. The first-order valence-electron chi connectivity index (χ1n) is 10.6. The van der Waals surface area contributed by atoms with E-state index < -0.39 is 5.41 Å². The fourth-order valence-corrected chi connectivity index (χ4v) is 4.80. The van der Waals surface area contributed by atoms with E-state index in [1.165, 1.54) is 6.07 Å². The second-order valence-corrected chi connectivity index (χ2v) is 9.63. The van der Waals surface area contributed by atoms with Crippen LogP contribution in [0, 0.1) is 22.6 Å². The zero-order valence-corrected chi connectivity index (χ0v) is 17.9. The first-order valence-corrected chi connectivity index (χ1v) is 10.6. The van der Waals surface area contributed by atoms with E-state index in [0.717, 1.165) is 49.3 Å². The van der Waals surface area contributed by atoms with Crippen LogP contribution >= 0.6 is 0 Å². The van der Waals surface area contributed by atoms with Crippen molar-refractivity contribution in [2.75, 3.05) is 24.5 Å². The predicted molar refractivity (Wildman–Crippen MR) is 116 cm³/mol. The van der Waals surface area contributed by atoms with E-state index in [9.17, 15) is 14.4 Å². The Balaban J connectivity index is 1.57. The Bertz CT molecular complexity index is 1010. The maximum absolute atomic E-state index is 14.2. The van der Waals surface area contributed by atoms with Crippen molar-refractivity contribution in [2.24, 2.45) is 5.41 Å². The second kappa shape index (κ2) is 7.52. The van der Waals surface area contributed by atoms with Gasteiger partial charge in [-0.3, -0.25) is 9.69 Å². The smallest absolute Gasteiger partial charge is 0.232 e. The van der Waals surface area contributed by atoms with Crippen molar-refractivity contribution in [1.29, 1.82) is 5.26 Å². The van der Waals surface area contributed by atoms with Crippen LogP contribution in [0.4, 0.5) is 10.1 Å². The topological polar surface area (TPSA) is 47.3 Å². The van der Waals surface area contributed by atoms with E-state index in [0.29, 0.717) is 12.1 Å². The van der Waals surface area contributed by atoms with Crippen LogP contribution in [-0.2, 0) is 16.8 Å². The highest BCUT2D eigenvalue weighted by molar-refractivity contribution is 5.99. The molecule has 4 rings (SSSR count). The van der Waals surface area contributed by atoms with Gasteiger partial charge in [-0.1, -0.05) is 39.0 Å². The molecule has 1 saturated heterocycles. The Labute approximate surface area is 177 Å². The number of nitrogens with zero attached hydrogens (tertiary/aromatic N) is 3. The summed E-state index contributed by atoms with van der Waals surface area (Å²) in [7, 11) is 0. The van der Waals surface area contributed by atoms with Gasteiger partial charge >= 0.3 is 0 Å². The number of anilines is 1. The summed E-state index contributed by atoms with van der Waals surface area (Å²) in [6, 6.07) is 14.8. The molecule has 2 aliphatic rings. The molecule has 0 aromatic heterocycles. The van der Waals surface area contributed by atoms with E-state index in [1.807, 2.05) is 49.9 Å². The molecule has 2 aliphatic heterocycles. The van der Waals surface area contributed by atoms with Gasteiger partial charge in [-0.25, -0.2) is 4.39 Å². The maximum Gasteiger partial charge on any atom is 0.232 e. The average Bonchev–Trinajstić information content (AvgIpc) is 3.02. The molecule has 0 radical (unpaired) electrons. The molecule has 0 aliphatic carbocycles.